The summed E-state index contributed by atoms with van der Waals surface area (Å²) in [5, 5.41) is 12.5. The van der Waals surface area contributed by atoms with Crippen molar-refractivity contribution in [1.82, 2.24) is 0 Å². The van der Waals surface area contributed by atoms with Gasteiger partial charge in [0.15, 0.2) is 0 Å². The van der Waals surface area contributed by atoms with Crippen molar-refractivity contribution in [3.05, 3.63) is 29.8 Å². The van der Waals surface area contributed by atoms with Crippen molar-refractivity contribution in [2.45, 2.75) is 19.3 Å². The van der Waals surface area contributed by atoms with Crippen molar-refractivity contribution in [2.24, 2.45) is 0 Å². The second-order valence-electron chi connectivity index (χ2n) is 3.35. The van der Waals surface area contributed by atoms with Gasteiger partial charge < -0.3 is 5.32 Å². The van der Waals surface area contributed by atoms with Gasteiger partial charge in [0.1, 0.15) is 6.07 Å². The molecule has 16 heavy (non-hydrogen) atoms. The molecular formula is C12H13BrN2O. The van der Waals surface area contributed by atoms with Crippen LogP contribution in [-0.2, 0) is 4.79 Å². The maximum atomic E-state index is 11.5. The normalized spacial score (nSPS) is 9.50. The van der Waals surface area contributed by atoms with Gasteiger partial charge in [-0.3, -0.25) is 4.79 Å². The van der Waals surface area contributed by atoms with E-state index >= 15 is 0 Å². The number of amides is 1. The van der Waals surface area contributed by atoms with Crippen LogP contribution in [0, 0.1) is 11.3 Å². The van der Waals surface area contributed by atoms with E-state index in [-0.39, 0.29) is 5.91 Å². The van der Waals surface area contributed by atoms with Gasteiger partial charge in [0, 0.05) is 11.8 Å². The van der Waals surface area contributed by atoms with Gasteiger partial charge in [-0.05, 0) is 25.0 Å². The van der Waals surface area contributed by atoms with Crippen LogP contribution < -0.4 is 5.32 Å². The number of nitrogens with one attached hydrogen (secondary N) is 1. The molecule has 0 saturated carbocycles. The van der Waals surface area contributed by atoms with Gasteiger partial charge in [-0.15, -0.1) is 0 Å². The molecule has 0 radical (unpaired) electrons. The molecule has 0 atom stereocenters. The minimum Gasteiger partial charge on any atom is -0.325 e. The molecule has 1 aromatic rings. The number of benzene rings is 1. The summed E-state index contributed by atoms with van der Waals surface area (Å²) in [5.74, 6) is -0.0383. The number of hydrogen-bond donors (Lipinski definition) is 1. The van der Waals surface area contributed by atoms with Crippen molar-refractivity contribution in [3.63, 3.8) is 0 Å². The average Bonchev–Trinajstić information content (AvgIpc) is 2.30. The Kier molecular flexibility index (Phi) is 5.58. The highest BCUT2D eigenvalue weighted by Gasteiger charge is 2.05. The molecule has 0 aliphatic rings. The summed E-state index contributed by atoms with van der Waals surface area (Å²) in [6.07, 6.45) is 2.32. The first-order chi connectivity index (χ1) is 7.77. The molecule has 0 spiro atoms. The summed E-state index contributed by atoms with van der Waals surface area (Å²) < 4.78 is 0. The first-order valence-electron chi connectivity index (χ1n) is 5.13. The fourth-order valence-corrected chi connectivity index (χ4v) is 1.68. The summed E-state index contributed by atoms with van der Waals surface area (Å²) in [6.45, 7) is 0. The molecule has 0 saturated heterocycles. The fraction of sp³-hybridized carbons (Fsp3) is 0.333. The number of para-hydroxylation sites is 1. The van der Waals surface area contributed by atoms with Crippen molar-refractivity contribution < 1.29 is 4.79 Å². The molecule has 0 fully saturated rings. The van der Waals surface area contributed by atoms with E-state index in [1.807, 2.05) is 6.07 Å². The molecule has 1 aromatic carbocycles. The largest absolute Gasteiger partial charge is 0.325 e. The van der Waals surface area contributed by atoms with Gasteiger partial charge in [0.05, 0.1) is 11.3 Å². The number of rotatable bonds is 5. The quantitative estimate of drug-likeness (QED) is 0.666. The van der Waals surface area contributed by atoms with Crippen LogP contribution in [0.4, 0.5) is 5.69 Å². The van der Waals surface area contributed by atoms with Gasteiger partial charge in [-0.25, -0.2) is 0 Å². The molecule has 1 amide bonds. The molecular weight excluding hydrogens is 268 g/mol. The summed E-state index contributed by atoms with van der Waals surface area (Å²) in [4.78, 5) is 11.5. The maximum Gasteiger partial charge on any atom is 0.224 e. The van der Waals surface area contributed by atoms with Crippen LogP contribution in [0.2, 0.25) is 0 Å². The molecule has 4 heteroatoms. The van der Waals surface area contributed by atoms with E-state index in [0.717, 1.165) is 18.2 Å². The number of hydrogen-bond acceptors (Lipinski definition) is 2. The third-order valence-corrected chi connectivity index (χ3v) is 2.67. The van der Waals surface area contributed by atoms with Gasteiger partial charge in [0.25, 0.3) is 0 Å². The van der Waals surface area contributed by atoms with E-state index < -0.39 is 0 Å². The Morgan fingerprint density at radius 3 is 2.81 bits per heavy atom. The van der Waals surface area contributed by atoms with Crippen LogP contribution in [0.1, 0.15) is 24.8 Å². The van der Waals surface area contributed by atoms with Gasteiger partial charge in [0.2, 0.25) is 5.91 Å². The SMILES string of the molecule is N#Cc1ccccc1NC(=O)CCCCBr. The second-order valence-corrected chi connectivity index (χ2v) is 4.14. The van der Waals surface area contributed by atoms with E-state index in [0.29, 0.717) is 17.7 Å². The topological polar surface area (TPSA) is 52.9 Å². The van der Waals surface area contributed by atoms with Crippen LogP contribution in [0.5, 0.6) is 0 Å². The zero-order chi connectivity index (χ0) is 11.8. The minimum absolute atomic E-state index is 0.0383. The van der Waals surface area contributed by atoms with Crippen LogP contribution in [0.3, 0.4) is 0 Å². The van der Waals surface area contributed by atoms with Crippen molar-refractivity contribution in [1.29, 1.82) is 5.26 Å². The molecule has 3 nitrogen and oxygen atoms in total. The van der Waals surface area contributed by atoms with Crippen LogP contribution in [0.15, 0.2) is 24.3 Å². The fourth-order valence-electron chi connectivity index (χ4n) is 1.28. The monoisotopic (exact) mass is 280 g/mol. The van der Waals surface area contributed by atoms with E-state index in [1.165, 1.54) is 0 Å². The van der Waals surface area contributed by atoms with E-state index in [9.17, 15) is 4.79 Å². The predicted octanol–water partition coefficient (Wildman–Crippen LogP) is 3.06. The third kappa shape index (κ3) is 4.03. The van der Waals surface area contributed by atoms with Crippen molar-refractivity contribution in [3.8, 4) is 6.07 Å². The summed E-state index contributed by atoms with van der Waals surface area (Å²) in [7, 11) is 0. The van der Waals surface area contributed by atoms with E-state index in [4.69, 9.17) is 5.26 Å². The first kappa shape index (κ1) is 12.7. The van der Waals surface area contributed by atoms with E-state index in [1.54, 1.807) is 24.3 Å². The molecule has 0 aliphatic carbocycles. The predicted molar refractivity (Wildman–Crippen MR) is 67.4 cm³/mol. The second kappa shape index (κ2) is 7.02. The Labute approximate surface area is 104 Å². The number of anilines is 1. The number of unbranched alkanes of at least 4 members (excludes halogenated alkanes) is 1. The Hall–Kier alpha value is -1.34. The molecule has 84 valence electrons. The molecule has 1 N–H and O–H groups in total. The van der Waals surface area contributed by atoms with Gasteiger partial charge in [-0.1, -0.05) is 28.1 Å². The minimum atomic E-state index is -0.0383. The Balaban J connectivity index is 2.53. The molecule has 0 heterocycles. The molecule has 0 unspecified atom stereocenters. The highest BCUT2D eigenvalue weighted by atomic mass is 79.9. The number of nitriles is 1. The summed E-state index contributed by atoms with van der Waals surface area (Å²) in [5.41, 5.74) is 1.09. The number of carbonyl (C=O) groups excluding carboxylic acids is 1. The van der Waals surface area contributed by atoms with Gasteiger partial charge >= 0.3 is 0 Å². The number of carbonyl (C=O) groups is 1. The Morgan fingerprint density at radius 1 is 1.38 bits per heavy atom. The lowest BCUT2D eigenvalue weighted by Gasteiger charge is -2.05. The van der Waals surface area contributed by atoms with Crippen LogP contribution in [-0.4, -0.2) is 11.2 Å². The van der Waals surface area contributed by atoms with Crippen molar-refractivity contribution in [2.75, 3.05) is 10.6 Å². The molecule has 1 rings (SSSR count). The van der Waals surface area contributed by atoms with Gasteiger partial charge in [-0.2, -0.15) is 5.26 Å². The maximum absolute atomic E-state index is 11.5. The van der Waals surface area contributed by atoms with E-state index in [2.05, 4.69) is 21.2 Å². The lowest BCUT2D eigenvalue weighted by atomic mass is 10.2. The number of nitrogens with zero attached hydrogens (tertiary/aromatic N) is 1. The highest BCUT2D eigenvalue weighted by molar-refractivity contribution is 9.09. The molecule has 0 aliphatic heterocycles. The summed E-state index contributed by atoms with van der Waals surface area (Å²) >= 11 is 3.31. The Bertz CT molecular complexity index is 398. The smallest absolute Gasteiger partial charge is 0.224 e. The standard InChI is InChI=1S/C12H13BrN2O/c13-8-4-3-7-12(16)15-11-6-2-1-5-10(11)9-14/h1-2,5-6H,3-4,7-8H2,(H,15,16). The number of alkyl halides is 1. The third-order valence-electron chi connectivity index (χ3n) is 2.11. The lowest BCUT2D eigenvalue weighted by Crippen LogP contribution is -2.12. The average molecular weight is 281 g/mol. The molecule has 0 aromatic heterocycles. The van der Waals surface area contributed by atoms with Crippen LogP contribution in [0.25, 0.3) is 0 Å². The zero-order valence-electron chi connectivity index (χ0n) is 8.87. The first-order valence-corrected chi connectivity index (χ1v) is 6.25. The van der Waals surface area contributed by atoms with Crippen molar-refractivity contribution >= 4 is 27.5 Å². The lowest BCUT2D eigenvalue weighted by molar-refractivity contribution is -0.116. The zero-order valence-corrected chi connectivity index (χ0v) is 10.5. The van der Waals surface area contributed by atoms with Crippen LogP contribution >= 0.6 is 15.9 Å². The Morgan fingerprint density at radius 2 is 2.12 bits per heavy atom. The number of halogens is 1. The summed E-state index contributed by atoms with van der Waals surface area (Å²) in [6, 6.07) is 9.05. The highest BCUT2D eigenvalue weighted by Crippen LogP contribution is 2.14. The molecule has 0 bridgehead atoms.